The monoisotopic (exact) mass is 269 g/mol. The molecule has 0 aliphatic rings. The van der Waals surface area contributed by atoms with Gasteiger partial charge in [-0.25, -0.2) is 0 Å². The first-order valence-corrected chi connectivity index (χ1v) is 7.68. The highest BCUT2D eigenvalue weighted by molar-refractivity contribution is 5.85. The molecule has 0 radical (unpaired) electrons. The Bertz CT molecular complexity index is 549. The Hall–Kier alpha value is -1.34. The van der Waals surface area contributed by atoms with E-state index in [0.717, 1.165) is 13.0 Å². The second-order valence-corrected chi connectivity index (χ2v) is 6.84. The molecule has 0 bridgehead atoms. The molecule has 108 valence electrons. The van der Waals surface area contributed by atoms with E-state index in [0.29, 0.717) is 11.5 Å². The normalized spacial score (nSPS) is 12.2. The van der Waals surface area contributed by atoms with Crippen LogP contribution in [0.15, 0.2) is 42.5 Å². The lowest BCUT2D eigenvalue weighted by Gasteiger charge is -2.26. The molecule has 1 nitrogen and oxygen atoms in total. The standard InChI is InChI=1S/C19H27N/c1-15(2)20-13-12-19(3,4)14-17-10-7-9-16-8-5-6-11-18(16)17/h5-11,15,20H,12-14H2,1-4H3. The van der Waals surface area contributed by atoms with Crippen molar-refractivity contribution >= 4 is 10.8 Å². The zero-order valence-electron chi connectivity index (χ0n) is 13.2. The highest BCUT2D eigenvalue weighted by Gasteiger charge is 2.19. The molecule has 0 unspecified atom stereocenters. The fraction of sp³-hybridized carbons (Fsp3) is 0.474. The molecule has 0 amide bonds. The molecule has 0 spiro atoms. The maximum atomic E-state index is 3.52. The van der Waals surface area contributed by atoms with Gasteiger partial charge in [-0.2, -0.15) is 0 Å². The predicted molar refractivity (Wildman–Crippen MR) is 89.2 cm³/mol. The summed E-state index contributed by atoms with van der Waals surface area (Å²) in [7, 11) is 0. The van der Waals surface area contributed by atoms with Gasteiger partial charge in [0.1, 0.15) is 0 Å². The Morgan fingerprint density at radius 1 is 1.00 bits per heavy atom. The summed E-state index contributed by atoms with van der Waals surface area (Å²) in [5.41, 5.74) is 1.80. The quantitative estimate of drug-likeness (QED) is 0.794. The third-order valence-corrected chi connectivity index (χ3v) is 3.90. The van der Waals surface area contributed by atoms with E-state index in [-0.39, 0.29) is 0 Å². The van der Waals surface area contributed by atoms with E-state index in [1.165, 1.54) is 22.8 Å². The van der Waals surface area contributed by atoms with Crippen molar-refractivity contribution in [2.45, 2.75) is 46.6 Å². The van der Waals surface area contributed by atoms with Gasteiger partial charge in [-0.1, -0.05) is 70.2 Å². The summed E-state index contributed by atoms with van der Waals surface area (Å²) in [6, 6.07) is 15.9. The Morgan fingerprint density at radius 3 is 2.45 bits per heavy atom. The molecule has 1 heteroatoms. The maximum Gasteiger partial charge on any atom is 0.00103 e. The van der Waals surface area contributed by atoms with Gasteiger partial charge in [-0.15, -0.1) is 0 Å². The van der Waals surface area contributed by atoms with Crippen LogP contribution in [0.5, 0.6) is 0 Å². The lowest BCUT2D eigenvalue weighted by Crippen LogP contribution is -2.28. The highest BCUT2D eigenvalue weighted by Crippen LogP contribution is 2.29. The Kier molecular flexibility index (Phi) is 4.82. The maximum absolute atomic E-state index is 3.52. The van der Waals surface area contributed by atoms with E-state index in [9.17, 15) is 0 Å². The number of rotatable bonds is 6. The molecule has 0 fully saturated rings. The van der Waals surface area contributed by atoms with Crippen LogP contribution in [-0.2, 0) is 6.42 Å². The van der Waals surface area contributed by atoms with Gasteiger partial charge in [0.25, 0.3) is 0 Å². The van der Waals surface area contributed by atoms with Crippen molar-refractivity contribution in [2.75, 3.05) is 6.54 Å². The van der Waals surface area contributed by atoms with Gasteiger partial charge in [0.15, 0.2) is 0 Å². The molecular formula is C19H27N. The Morgan fingerprint density at radius 2 is 1.70 bits per heavy atom. The minimum Gasteiger partial charge on any atom is -0.315 e. The molecule has 1 N–H and O–H groups in total. The molecule has 0 aliphatic heterocycles. The summed E-state index contributed by atoms with van der Waals surface area (Å²) in [5, 5.41) is 6.28. The van der Waals surface area contributed by atoms with Crippen molar-refractivity contribution in [1.29, 1.82) is 0 Å². The van der Waals surface area contributed by atoms with Gasteiger partial charge >= 0.3 is 0 Å². The molecule has 0 aliphatic carbocycles. The van der Waals surface area contributed by atoms with Crippen molar-refractivity contribution < 1.29 is 0 Å². The van der Waals surface area contributed by atoms with E-state index in [1.54, 1.807) is 0 Å². The topological polar surface area (TPSA) is 12.0 Å². The Balaban J connectivity index is 2.10. The van der Waals surface area contributed by atoms with Crippen molar-refractivity contribution in [1.82, 2.24) is 5.32 Å². The first-order chi connectivity index (χ1) is 9.48. The van der Waals surface area contributed by atoms with Crippen LogP contribution in [0.1, 0.15) is 39.7 Å². The van der Waals surface area contributed by atoms with Gasteiger partial charge in [0, 0.05) is 6.04 Å². The zero-order chi connectivity index (χ0) is 14.6. The van der Waals surface area contributed by atoms with Crippen LogP contribution in [-0.4, -0.2) is 12.6 Å². The third kappa shape index (κ3) is 4.08. The smallest absolute Gasteiger partial charge is 0.00103 e. The van der Waals surface area contributed by atoms with Gasteiger partial charge in [0.05, 0.1) is 0 Å². The van der Waals surface area contributed by atoms with Crippen LogP contribution in [0.4, 0.5) is 0 Å². The molecule has 0 heterocycles. The summed E-state index contributed by atoms with van der Waals surface area (Å²) in [6.07, 6.45) is 2.34. The van der Waals surface area contributed by atoms with Crippen LogP contribution >= 0.6 is 0 Å². The molecular weight excluding hydrogens is 242 g/mol. The lowest BCUT2D eigenvalue weighted by atomic mass is 9.81. The fourth-order valence-electron chi connectivity index (χ4n) is 2.75. The third-order valence-electron chi connectivity index (χ3n) is 3.90. The number of nitrogens with one attached hydrogen (secondary N) is 1. The Labute approximate surface area is 123 Å². The average molecular weight is 269 g/mol. The first-order valence-electron chi connectivity index (χ1n) is 7.68. The zero-order valence-corrected chi connectivity index (χ0v) is 13.2. The van der Waals surface area contributed by atoms with E-state index >= 15 is 0 Å². The highest BCUT2D eigenvalue weighted by atomic mass is 14.9. The first kappa shape index (κ1) is 15.1. The second-order valence-electron chi connectivity index (χ2n) is 6.84. The molecule has 20 heavy (non-hydrogen) atoms. The molecule has 0 saturated carbocycles. The number of hydrogen-bond donors (Lipinski definition) is 1. The van der Waals surface area contributed by atoms with Crippen molar-refractivity contribution in [2.24, 2.45) is 5.41 Å². The van der Waals surface area contributed by atoms with Crippen LogP contribution < -0.4 is 5.32 Å². The predicted octanol–water partition coefficient (Wildman–Crippen LogP) is 4.80. The van der Waals surface area contributed by atoms with E-state index in [4.69, 9.17) is 0 Å². The molecule has 2 rings (SSSR count). The molecule has 0 aromatic heterocycles. The molecule has 2 aromatic rings. The number of benzene rings is 2. The fourth-order valence-corrected chi connectivity index (χ4v) is 2.75. The van der Waals surface area contributed by atoms with Gasteiger partial charge < -0.3 is 5.32 Å². The van der Waals surface area contributed by atoms with Crippen molar-refractivity contribution in [3.05, 3.63) is 48.0 Å². The number of fused-ring (bicyclic) bond motifs is 1. The SMILES string of the molecule is CC(C)NCCC(C)(C)Cc1cccc2ccccc12. The second kappa shape index (κ2) is 6.41. The largest absolute Gasteiger partial charge is 0.315 e. The van der Waals surface area contributed by atoms with Crippen LogP contribution in [0.3, 0.4) is 0 Å². The van der Waals surface area contributed by atoms with Crippen LogP contribution in [0.25, 0.3) is 10.8 Å². The van der Waals surface area contributed by atoms with Gasteiger partial charge in [0.2, 0.25) is 0 Å². The van der Waals surface area contributed by atoms with Gasteiger partial charge in [-0.3, -0.25) is 0 Å². The lowest BCUT2D eigenvalue weighted by molar-refractivity contribution is 0.321. The molecule has 0 atom stereocenters. The van der Waals surface area contributed by atoms with Crippen molar-refractivity contribution in [3.8, 4) is 0 Å². The van der Waals surface area contributed by atoms with Crippen LogP contribution in [0, 0.1) is 5.41 Å². The molecule has 2 aromatic carbocycles. The summed E-state index contributed by atoms with van der Waals surface area (Å²) in [5.74, 6) is 0. The number of hydrogen-bond acceptors (Lipinski definition) is 1. The summed E-state index contributed by atoms with van der Waals surface area (Å²) in [4.78, 5) is 0. The van der Waals surface area contributed by atoms with Crippen LogP contribution in [0.2, 0.25) is 0 Å². The summed E-state index contributed by atoms with van der Waals surface area (Å²) in [6.45, 7) is 10.2. The van der Waals surface area contributed by atoms with Crippen molar-refractivity contribution in [3.63, 3.8) is 0 Å². The summed E-state index contributed by atoms with van der Waals surface area (Å²) < 4.78 is 0. The van der Waals surface area contributed by atoms with Gasteiger partial charge in [-0.05, 0) is 41.1 Å². The summed E-state index contributed by atoms with van der Waals surface area (Å²) >= 11 is 0. The average Bonchev–Trinajstić information content (AvgIpc) is 2.38. The minimum atomic E-state index is 0.325. The minimum absolute atomic E-state index is 0.325. The van der Waals surface area contributed by atoms with E-state index in [1.807, 2.05) is 0 Å². The molecule has 0 saturated heterocycles. The van der Waals surface area contributed by atoms with E-state index < -0.39 is 0 Å². The van der Waals surface area contributed by atoms with E-state index in [2.05, 4.69) is 75.5 Å².